The molecule has 0 aliphatic heterocycles. The summed E-state index contributed by atoms with van der Waals surface area (Å²) in [4.78, 5) is 44.6. The number of hydrogen-bond acceptors (Lipinski definition) is 7. The first-order valence-electron chi connectivity index (χ1n) is 10.8. The van der Waals surface area contributed by atoms with Gasteiger partial charge < -0.3 is 19.4 Å². The van der Waals surface area contributed by atoms with Gasteiger partial charge in [-0.25, -0.2) is 14.6 Å². The van der Waals surface area contributed by atoms with Crippen LogP contribution in [0, 0.1) is 12.3 Å². The second-order valence-corrected chi connectivity index (χ2v) is 8.12. The number of nitrogens with one attached hydrogen (secondary N) is 1. The number of benzene rings is 2. The van der Waals surface area contributed by atoms with Gasteiger partial charge >= 0.3 is 18.1 Å². The molecule has 1 aromatic heterocycles. The van der Waals surface area contributed by atoms with Crippen molar-refractivity contribution in [3.8, 4) is 12.3 Å². The van der Waals surface area contributed by atoms with Crippen LogP contribution < -0.4 is 10.5 Å². The van der Waals surface area contributed by atoms with Crippen molar-refractivity contribution in [1.29, 1.82) is 0 Å². The molecule has 8 nitrogen and oxygen atoms in total. The minimum atomic E-state index is -5.28. The monoisotopic (exact) mass is 499 g/mol. The van der Waals surface area contributed by atoms with E-state index in [0.29, 0.717) is 28.8 Å². The van der Waals surface area contributed by atoms with Gasteiger partial charge in [0, 0.05) is 12.8 Å². The summed E-state index contributed by atoms with van der Waals surface area (Å²) in [6, 6.07) is 9.02. The predicted octanol–water partition coefficient (Wildman–Crippen LogP) is 3.44. The maximum atomic E-state index is 12.7. The summed E-state index contributed by atoms with van der Waals surface area (Å²) in [5.74, 6) is -0.977. The molecule has 0 amide bonds. The van der Waals surface area contributed by atoms with E-state index in [0.717, 1.165) is 17.5 Å². The van der Waals surface area contributed by atoms with Crippen LogP contribution in [-0.4, -0.2) is 41.7 Å². The van der Waals surface area contributed by atoms with E-state index in [1.807, 2.05) is 11.0 Å². The zero-order chi connectivity index (χ0) is 26.0. The molecular formula is C25H20F3N3O5. The molecule has 2 aromatic carbocycles. The molecule has 0 radical (unpaired) electrons. The van der Waals surface area contributed by atoms with Gasteiger partial charge in [0.05, 0.1) is 29.1 Å². The van der Waals surface area contributed by atoms with Gasteiger partial charge in [0.1, 0.15) is 12.4 Å². The SMILES string of the molecule is C#CCN(c1ccc(C(=O)OC(=O)C(F)(F)F)cc1)[C@@H]1CCc2cc3nc(COC)[nH]c(=O)c3cc21. The highest BCUT2D eigenvalue weighted by Crippen LogP contribution is 2.39. The Labute approximate surface area is 203 Å². The molecule has 0 spiro atoms. The van der Waals surface area contributed by atoms with Crippen LogP contribution in [0.15, 0.2) is 41.2 Å². The number of terminal acetylenes is 1. The molecule has 3 aromatic rings. The van der Waals surface area contributed by atoms with E-state index in [2.05, 4.69) is 20.6 Å². The van der Waals surface area contributed by atoms with Gasteiger partial charge in [-0.2, -0.15) is 13.2 Å². The molecule has 11 heteroatoms. The van der Waals surface area contributed by atoms with E-state index < -0.39 is 18.1 Å². The van der Waals surface area contributed by atoms with E-state index in [1.165, 1.54) is 31.4 Å². The number of anilines is 1. The van der Waals surface area contributed by atoms with E-state index in [-0.39, 0.29) is 30.3 Å². The number of alkyl halides is 3. The summed E-state index contributed by atoms with van der Waals surface area (Å²) in [5.41, 5.74) is 2.57. The smallest absolute Gasteiger partial charge is 0.383 e. The van der Waals surface area contributed by atoms with Crippen LogP contribution in [-0.2, 0) is 27.3 Å². The maximum Gasteiger partial charge on any atom is 0.491 e. The van der Waals surface area contributed by atoms with Gasteiger partial charge in [-0.05, 0) is 60.4 Å². The average Bonchev–Trinajstić information content (AvgIpc) is 3.23. The van der Waals surface area contributed by atoms with Crippen LogP contribution in [0.2, 0.25) is 0 Å². The second-order valence-electron chi connectivity index (χ2n) is 8.12. The molecule has 1 aliphatic rings. The highest BCUT2D eigenvalue weighted by atomic mass is 19.4. The van der Waals surface area contributed by atoms with Crippen LogP contribution in [0.3, 0.4) is 0 Å². The summed E-state index contributed by atoms with van der Waals surface area (Å²) < 4.78 is 46.0. The van der Waals surface area contributed by atoms with Crippen molar-refractivity contribution in [3.63, 3.8) is 0 Å². The molecule has 0 saturated carbocycles. The van der Waals surface area contributed by atoms with Crippen LogP contribution in [0.5, 0.6) is 0 Å². The van der Waals surface area contributed by atoms with E-state index in [4.69, 9.17) is 11.2 Å². The molecule has 1 heterocycles. The normalized spacial score (nSPS) is 14.8. The number of halogens is 3. The molecule has 0 bridgehead atoms. The molecular weight excluding hydrogens is 479 g/mol. The highest BCUT2D eigenvalue weighted by molar-refractivity contribution is 5.98. The van der Waals surface area contributed by atoms with Gasteiger partial charge in [-0.1, -0.05) is 5.92 Å². The quantitative estimate of drug-likeness (QED) is 0.315. The van der Waals surface area contributed by atoms with Crippen LogP contribution >= 0.6 is 0 Å². The lowest BCUT2D eigenvalue weighted by Crippen LogP contribution is -2.28. The molecule has 186 valence electrons. The number of hydrogen-bond donors (Lipinski definition) is 1. The van der Waals surface area contributed by atoms with E-state index >= 15 is 0 Å². The molecule has 0 unspecified atom stereocenters. The first-order valence-corrected chi connectivity index (χ1v) is 10.8. The topological polar surface area (TPSA) is 102 Å². The van der Waals surface area contributed by atoms with Gasteiger partial charge in [0.15, 0.2) is 0 Å². The summed E-state index contributed by atoms with van der Waals surface area (Å²) in [6.07, 6.45) is 1.74. The van der Waals surface area contributed by atoms with Gasteiger partial charge in [0.2, 0.25) is 0 Å². The van der Waals surface area contributed by atoms with Crippen molar-refractivity contribution in [2.75, 3.05) is 18.6 Å². The third-order valence-corrected chi connectivity index (χ3v) is 5.83. The zero-order valence-corrected chi connectivity index (χ0v) is 19.0. The summed E-state index contributed by atoms with van der Waals surface area (Å²) in [6.45, 7) is 0.370. The van der Waals surface area contributed by atoms with Crippen molar-refractivity contribution in [2.24, 2.45) is 0 Å². The minimum absolute atomic E-state index is 0.175. The van der Waals surface area contributed by atoms with Crippen LogP contribution in [0.1, 0.15) is 39.8 Å². The Bertz CT molecular complexity index is 1420. The minimum Gasteiger partial charge on any atom is -0.383 e. The number of carbonyl (C=O) groups is 2. The number of carbonyl (C=O) groups excluding carboxylic acids is 2. The van der Waals surface area contributed by atoms with Gasteiger partial charge in [-0.15, -0.1) is 6.42 Å². The number of aryl methyl sites for hydroxylation is 1. The van der Waals surface area contributed by atoms with E-state index in [9.17, 15) is 27.6 Å². The largest absolute Gasteiger partial charge is 0.491 e. The standard InChI is InChI=1S/C25H20F3N3O5/c1-3-10-31(16-7-4-14(5-8-16)23(33)36-24(34)25(26,27)28)20-9-6-15-11-19-18(12-17(15)20)22(32)30-21(29-19)13-35-2/h1,4-5,7-8,11-12,20H,6,9-10,13H2,2H3,(H,29,30,32)/t20-/m1/s1. The van der Waals surface area contributed by atoms with Crippen molar-refractivity contribution >= 4 is 28.5 Å². The number of H-pyrrole nitrogens is 1. The average molecular weight is 499 g/mol. The van der Waals surface area contributed by atoms with Crippen LogP contribution in [0.4, 0.5) is 18.9 Å². The van der Waals surface area contributed by atoms with E-state index in [1.54, 1.807) is 6.07 Å². The Morgan fingerprint density at radius 1 is 1.25 bits per heavy atom. The van der Waals surface area contributed by atoms with Gasteiger partial charge in [0.25, 0.3) is 5.56 Å². The number of ether oxygens (including phenoxy) is 2. The lowest BCUT2D eigenvalue weighted by molar-refractivity contribution is -0.193. The number of esters is 2. The van der Waals surface area contributed by atoms with Crippen LogP contribution in [0.25, 0.3) is 10.9 Å². The molecule has 0 saturated heterocycles. The van der Waals surface area contributed by atoms with Crippen molar-refractivity contribution in [1.82, 2.24) is 9.97 Å². The third kappa shape index (κ3) is 4.94. The Hall–Kier alpha value is -4.17. The molecule has 0 fully saturated rings. The molecule has 36 heavy (non-hydrogen) atoms. The maximum absolute atomic E-state index is 12.7. The lowest BCUT2D eigenvalue weighted by Gasteiger charge is -2.30. The number of aromatic amines is 1. The predicted molar refractivity (Wildman–Crippen MR) is 123 cm³/mol. The molecule has 1 aliphatic carbocycles. The Morgan fingerprint density at radius 3 is 2.61 bits per heavy atom. The Balaban J connectivity index is 1.63. The zero-order valence-electron chi connectivity index (χ0n) is 19.0. The van der Waals surface area contributed by atoms with Crippen molar-refractivity contribution in [3.05, 3.63) is 69.3 Å². The van der Waals surface area contributed by atoms with Gasteiger partial charge in [-0.3, -0.25) is 4.79 Å². The summed E-state index contributed by atoms with van der Waals surface area (Å²) >= 11 is 0. The first kappa shape index (κ1) is 24.9. The highest BCUT2D eigenvalue weighted by Gasteiger charge is 2.42. The fraction of sp³-hybridized carbons (Fsp3) is 0.280. The first-order chi connectivity index (χ1) is 17.1. The molecule has 1 N–H and O–H groups in total. The number of rotatable bonds is 6. The number of aromatic nitrogens is 2. The molecule has 1 atom stereocenters. The van der Waals surface area contributed by atoms with Crippen molar-refractivity contribution < 1.29 is 32.2 Å². The molecule has 4 rings (SSSR count). The summed E-state index contributed by atoms with van der Waals surface area (Å²) in [7, 11) is 1.51. The third-order valence-electron chi connectivity index (χ3n) is 5.83. The summed E-state index contributed by atoms with van der Waals surface area (Å²) in [5, 5.41) is 0.425. The number of methoxy groups -OCH3 is 1. The number of fused-ring (bicyclic) bond motifs is 2. The van der Waals surface area contributed by atoms with Crippen molar-refractivity contribution in [2.45, 2.75) is 31.7 Å². The lowest BCUT2D eigenvalue weighted by atomic mass is 10.0. The second kappa shape index (κ2) is 9.83. The fourth-order valence-electron chi connectivity index (χ4n) is 4.27. The Morgan fingerprint density at radius 2 is 1.97 bits per heavy atom. The number of nitrogens with zero attached hydrogens (tertiary/aromatic N) is 2. The Kier molecular flexibility index (Phi) is 6.81. The fourth-order valence-corrected chi connectivity index (χ4v) is 4.27.